The molecule has 169 valence electrons. The van der Waals surface area contributed by atoms with E-state index in [0.717, 1.165) is 0 Å². The second kappa shape index (κ2) is 15.7. The van der Waals surface area contributed by atoms with Gasteiger partial charge in [0.1, 0.15) is 0 Å². The van der Waals surface area contributed by atoms with Crippen molar-refractivity contribution < 1.29 is 70.1 Å². The van der Waals surface area contributed by atoms with Gasteiger partial charge in [-0.25, -0.2) is 0 Å². The molecule has 28 heavy (non-hydrogen) atoms. The summed E-state index contributed by atoms with van der Waals surface area (Å²) in [5, 5.41) is 0. The normalized spacial score (nSPS) is 12.8. The summed E-state index contributed by atoms with van der Waals surface area (Å²) >= 11 is 0. The van der Waals surface area contributed by atoms with Gasteiger partial charge < -0.3 is 28.4 Å². The molecule has 0 aliphatic heterocycles. The third-order valence-electron chi connectivity index (χ3n) is 4.32. The SMILES string of the molecule is CC(C)P(=O)([O-])C(C)C.CC(C)P(=O)([O-])C(C)C.CC(C)P(=O)([O-])C(C)C.[Ce+3]. The van der Waals surface area contributed by atoms with Crippen LogP contribution in [0.15, 0.2) is 0 Å². The first kappa shape index (κ1) is 37.3. The van der Waals surface area contributed by atoms with E-state index in [1.54, 1.807) is 83.1 Å². The Bertz CT molecular complexity index is 433. The second-order valence-corrected chi connectivity index (χ2v) is 18.6. The van der Waals surface area contributed by atoms with Crippen LogP contribution in [0.5, 0.6) is 0 Å². The Morgan fingerprint density at radius 2 is 0.464 bits per heavy atom. The Morgan fingerprint density at radius 3 is 0.464 bits per heavy atom. The van der Waals surface area contributed by atoms with Gasteiger partial charge in [-0.3, -0.25) is 0 Å². The minimum Gasteiger partial charge on any atom is -0.799 e. The van der Waals surface area contributed by atoms with Crippen LogP contribution in [0.25, 0.3) is 0 Å². The molecular weight excluding hydrogens is 545 g/mol. The molecule has 0 aliphatic carbocycles. The molecule has 0 spiro atoms. The molecule has 0 saturated heterocycles. The molecule has 0 aromatic heterocycles. The predicted molar refractivity (Wildman–Crippen MR) is 114 cm³/mol. The second-order valence-electron chi connectivity index (χ2n) is 8.50. The van der Waals surface area contributed by atoms with E-state index in [4.69, 9.17) is 0 Å². The molecule has 10 heteroatoms. The van der Waals surface area contributed by atoms with Crippen molar-refractivity contribution in [2.24, 2.45) is 0 Å². The maximum absolute atomic E-state index is 11.1. The van der Waals surface area contributed by atoms with E-state index in [1.807, 2.05) is 0 Å². The van der Waals surface area contributed by atoms with Gasteiger partial charge in [0.25, 0.3) is 0 Å². The fraction of sp³-hybridized carbons (Fsp3) is 1.00. The molecule has 0 aromatic rings. The summed E-state index contributed by atoms with van der Waals surface area (Å²) in [6.07, 6.45) is 0. The average molecular weight is 588 g/mol. The number of rotatable bonds is 6. The van der Waals surface area contributed by atoms with Gasteiger partial charge in [-0.1, -0.05) is 83.1 Å². The minimum absolute atomic E-state index is 0. The van der Waals surface area contributed by atoms with Gasteiger partial charge in [-0.2, -0.15) is 0 Å². The van der Waals surface area contributed by atoms with Crippen LogP contribution in [0.1, 0.15) is 83.1 Å². The van der Waals surface area contributed by atoms with Gasteiger partial charge >= 0.3 is 41.7 Å². The summed E-state index contributed by atoms with van der Waals surface area (Å²) < 4.78 is 33.2. The molecule has 6 nitrogen and oxygen atoms in total. The van der Waals surface area contributed by atoms with Gasteiger partial charge in [0.2, 0.25) is 0 Å². The van der Waals surface area contributed by atoms with E-state index >= 15 is 0 Å². The standard InChI is InChI=1S/3C6H15O2P.Ce/c3*1-5(2)9(7,8)6(3)4;/h3*5-6H,1-4H3,(H,7,8);/q;;;+3/p-3. The van der Waals surface area contributed by atoms with Crippen molar-refractivity contribution in [3.63, 3.8) is 0 Å². The summed E-state index contributed by atoms with van der Waals surface area (Å²) in [6.45, 7) is 20.6. The summed E-state index contributed by atoms with van der Waals surface area (Å²) in [5.41, 5.74) is -1.26. The summed E-state index contributed by atoms with van der Waals surface area (Å²) in [4.78, 5) is 33.2. The number of hydrogen-bond donors (Lipinski definition) is 0. The number of hydrogen-bond acceptors (Lipinski definition) is 6. The average Bonchev–Trinajstić information content (AvgIpc) is 2.47. The van der Waals surface area contributed by atoms with E-state index in [9.17, 15) is 28.4 Å². The van der Waals surface area contributed by atoms with Crippen LogP contribution in [0.4, 0.5) is 0 Å². The smallest absolute Gasteiger partial charge is 0.799 e. The summed E-state index contributed by atoms with van der Waals surface area (Å²) in [6, 6.07) is 0. The predicted octanol–water partition coefficient (Wildman–Crippen LogP) is 4.32. The topological polar surface area (TPSA) is 120 Å². The van der Waals surface area contributed by atoms with Crippen molar-refractivity contribution in [3.8, 4) is 0 Å². The fourth-order valence-electron chi connectivity index (χ4n) is 1.79. The van der Waals surface area contributed by atoms with Crippen LogP contribution in [0.3, 0.4) is 0 Å². The van der Waals surface area contributed by atoms with Crippen molar-refractivity contribution in [3.05, 3.63) is 0 Å². The van der Waals surface area contributed by atoms with Gasteiger partial charge in [0.15, 0.2) is 0 Å². The van der Waals surface area contributed by atoms with Gasteiger partial charge in [0, 0.05) is 22.1 Å². The van der Waals surface area contributed by atoms with Crippen molar-refractivity contribution >= 4 is 22.1 Å². The van der Waals surface area contributed by atoms with E-state index in [0.29, 0.717) is 0 Å². The van der Waals surface area contributed by atoms with Crippen LogP contribution in [0, 0.1) is 41.7 Å². The van der Waals surface area contributed by atoms with Gasteiger partial charge in [-0.15, -0.1) is 0 Å². The fourth-order valence-corrected chi connectivity index (χ4v) is 5.37. The van der Waals surface area contributed by atoms with E-state index in [-0.39, 0.29) is 75.7 Å². The molecule has 0 unspecified atom stereocenters. The van der Waals surface area contributed by atoms with E-state index in [2.05, 4.69) is 0 Å². The Hall–Kier alpha value is 1.95. The molecule has 0 atom stereocenters. The third-order valence-corrected chi connectivity index (χ3v) is 13.0. The zero-order valence-corrected chi connectivity index (χ0v) is 25.6. The Morgan fingerprint density at radius 1 is 0.393 bits per heavy atom. The molecule has 0 heterocycles. The quantitative estimate of drug-likeness (QED) is 0.427. The molecule has 0 rings (SSSR count). The Labute approximate surface area is 207 Å². The molecule has 1 radical (unpaired) electrons. The van der Waals surface area contributed by atoms with E-state index < -0.39 is 22.1 Å². The Balaban J connectivity index is -0.000000152. The van der Waals surface area contributed by atoms with Crippen molar-refractivity contribution in [2.45, 2.75) is 117 Å². The molecule has 0 N–H and O–H groups in total. The summed E-state index contributed by atoms with van der Waals surface area (Å²) in [5.74, 6) is 0. The molecule has 0 aliphatic rings. The Kier molecular flexibility index (Phi) is 20.9. The van der Waals surface area contributed by atoms with Crippen LogP contribution in [-0.4, -0.2) is 34.0 Å². The largest absolute Gasteiger partial charge is 3.00 e. The third kappa shape index (κ3) is 14.1. The maximum atomic E-state index is 11.1. The van der Waals surface area contributed by atoms with Crippen molar-refractivity contribution in [2.75, 3.05) is 0 Å². The van der Waals surface area contributed by atoms with Crippen LogP contribution in [-0.2, 0) is 13.7 Å². The first-order chi connectivity index (χ1) is 11.7. The minimum atomic E-state index is -3.09. The van der Waals surface area contributed by atoms with E-state index in [1.165, 1.54) is 0 Å². The molecule has 0 aromatic carbocycles. The van der Waals surface area contributed by atoms with Gasteiger partial charge in [0.05, 0.1) is 0 Å². The van der Waals surface area contributed by atoms with Crippen molar-refractivity contribution in [1.82, 2.24) is 0 Å². The van der Waals surface area contributed by atoms with Crippen molar-refractivity contribution in [1.29, 1.82) is 0 Å². The maximum Gasteiger partial charge on any atom is 3.00 e. The van der Waals surface area contributed by atoms with Gasteiger partial charge in [-0.05, 0) is 34.0 Å². The zero-order valence-electron chi connectivity index (χ0n) is 19.8. The molecule has 0 amide bonds. The summed E-state index contributed by atoms with van der Waals surface area (Å²) in [7, 11) is -9.26. The molecule has 0 saturated carbocycles. The molecular formula is C18H42CeO6P3. The molecule has 0 bridgehead atoms. The van der Waals surface area contributed by atoms with Crippen LogP contribution >= 0.6 is 22.1 Å². The first-order valence-corrected chi connectivity index (χ1v) is 14.9. The van der Waals surface area contributed by atoms with Crippen LogP contribution in [0.2, 0.25) is 0 Å². The van der Waals surface area contributed by atoms with Crippen LogP contribution < -0.4 is 14.7 Å². The monoisotopic (exact) mass is 587 g/mol. The zero-order chi connectivity index (χ0) is 23.0. The first-order valence-electron chi connectivity index (χ1n) is 9.57. The molecule has 0 fully saturated rings.